The third-order valence-electron chi connectivity index (χ3n) is 3.57. The molecule has 0 bridgehead atoms. The quantitative estimate of drug-likeness (QED) is 0.629. The van der Waals surface area contributed by atoms with Gasteiger partial charge >= 0.3 is 0 Å². The van der Waals surface area contributed by atoms with Gasteiger partial charge in [0.1, 0.15) is 6.10 Å². The highest BCUT2D eigenvalue weighted by atomic mass is 16.5. The largest absolute Gasteiger partial charge is 0.373 e. The van der Waals surface area contributed by atoms with Crippen LogP contribution in [0, 0.1) is 18.3 Å². The summed E-state index contributed by atoms with van der Waals surface area (Å²) >= 11 is 0. The molecule has 1 fully saturated rings. The lowest BCUT2D eigenvalue weighted by molar-refractivity contribution is 0.0273. The Labute approximate surface area is 114 Å². The average Bonchev–Trinajstić information content (AvgIpc) is 2.90. The van der Waals surface area contributed by atoms with E-state index in [0.717, 1.165) is 0 Å². The van der Waals surface area contributed by atoms with E-state index in [1.54, 1.807) is 7.11 Å². The summed E-state index contributed by atoms with van der Waals surface area (Å²) in [6, 6.07) is 0. The van der Waals surface area contributed by atoms with E-state index in [0.29, 0.717) is 30.7 Å². The normalized spacial score (nSPS) is 18.1. The van der Waals surface area contributed by atoms with E-state index in [1.165, 1.54) is 32.1 Å². The van der Waals surface area contributed by atoms with Gasteiger partial charge < -0.3 is 9.26 Å². The van der Waals surface area contributed by atoms with Crippen molar-refractivity contribution in [2.75, 3.05) is 13.7 Å². The van der Waals surface area contributed by atoms with Gasteiger partial charge in [-0.3, -0.25) is 5.32 Å². The number of aromatic nitrogens is 2. The molecule has 1 aromatic rings. The van der Waals surface area contributed by atoms with E-state index < -0.39 is 0 Å². The number of nitrogens with zero attached hydrogens (tertiary/aromatic N) is 2. The molecule has 0 radical (unpaired) electrons. The number of nitrogens with one attached hydrogen (secondary N) is 1. The third kappa shape index (κ3) is 3.79. The minimum absolute atomic E-state index is 0.0505. The first-order chi connectivity index (χ1) is 9.35. The van der Waals surface area contributed by atoms with Crippen LogP contribution in [0.2, 0.25) is 0 Å². The number of rotatable bonds is 6. The molecule has 19 heavy (non-hydrogen) atoms. The van der Waals surface area contributed by atoms with Crippen molar-refractivity contribution >= 4 is 0 Å². The van der Waals surface area contributed by atoms with Crippen molar-refractivity contribution in [3.05, 3.63) is 11.7 Å². The van der Waals surface area contributed by atoms with Crippen molar-refractivity contribution in [1.82, 2.24) is 15.5 Å². The first kappa shape index (κ1) is 14.0. The van der Waals surface area contributed by atoms with Gasteiger partial charge in [0.05, 0.1) is 13.1 Å². The van der Waals surface area contributed by atoms with Crippen molar-refractivity contribution < 1.29 is 9.26 Å². The summed E-state index contributed by atoms with van der Waals surface area (Å²) in [6.07, 6.45) is 11.3. The van der Waals surface area contributed by atoms with Crippen molar-refractivity contribution in [2.24, 2.45) is 5.92 Å². The standard InChI is InChI=1S/C14H21N3O2/c1-3-9-15-10-12-16-14(17-19-12)13(18-2)11-7-5-4-6-8-11/h1,11,13,15H,4-10H2,2H3. The molecule has 1 unspecified atom stereocenters. The molecule has 0 aromatic carbocycles. The summed E-state index contributed by atoms with van der Waals surface area (Å²) in [6.45, 7) is 0.992. The second kappa shape index (κ2) is 7.27. The summed E-state index contributed by atoms with van der Waals surface area (Å²) in [7, 11) is 1.71. The van der Waals surface area contributed by atoms with Gasteiger partial charge in [0, 0.05) is 7.11 Å². The predicted octanol–water partition coefficient (Wildman–Crippen LogP) is 2.06. The lowest BCUT2D eigenvalue weighted by atomic mass is 9.85. The Bertz CT molecular complexity index is 419. The minimum Gasteiger partial charge on any atom is -0.373 e. The molecular weight excluding hydrogens is 242 g/mol. The van der Waals surface area contributed by atoms with Gasteiger partial charge in [0.15, 0.2) is 0 Å². The Morgan fingerprint density at radius 2 is 2.26 bits per heavy atom. The van der Waals surface area contributed by atoms with E-state index >= 15 is 0 Å². The van der Waals surface area contributed by atoms with Gasteiger partial charge in [-0.2, -0.15) is 4.98 Å². The fraction of sp³-hybridized carbons (Fsp3) is 0.714. The number of hydrogen-bond acceptors (Lipinski definition) is 5. The Morgan fingerprint density at radius 1 is 1.47 bits per heavy atom. The summed E-state index contributed by atoms with van der Waals surface area (Å²) in [4.78, 5) is 4.39. The molecule has 104 valence electrons. The van der Waals surface area contributed by atoms with Crippen LogP contribution < -0.4 is 5.32 Å². The third-order valence-corrected chi connectivity index (χ3v) is 3.57. The van der Waals surface area contributed by atoms with E-state index in [9.17, 15) is 0 Å². The Morgan fingerprint density at radius 3 is 2.95 bits per heavy atom. The smallest absolute Gasteiger partial charge is 0.240 e. The number of terminal acetylenes is 1. The maximum Gasteiger partial charge on any atom is 0.240 e. The van der Waals surface area contributed by atoms with Crippen LogP contribution in [0.15, 0.2) is 4.52 Å². The molecule has 0 amide bonds. The molecule has 1 saturated carbocycles. The fourth-order valence-electron chi connectivity index (χ4n) is 2.64. The summed E-state index contributed by atoms with van der Waals surface area (Å²) < 4.78 is 10.8. The first-order valence-corrected chi connectivity index (χ1v) is 6.84. The maximum atomic E-state index is 5.58. The van der Waals surface area contributed by atoms with Gasteiger partial charge in [0.2, 0.25) is 11.7 Å². The molecular formula is C14H21N3O2. The SMILES string of the molecule is C#CCNCc1nc(C(OC)C2CCCCC2)no1. The van der Waals surface area contributed by atoms with E-state index in [2.05, 4.69) is 21.4 Å². The van der Waals surface area contributed by atoms with E-state index in [-0.39, 0.29) is 6.10 Å². The van der Waals surface area contributed by atoms with Crippen molar-refractivity contribution in [3.8, 4) is 12.3 Å². The Balaban J connectivity index is 1.96. The molecule has 0 saturated heterocycles. The maximum absolute atomic E-state index is 5.58. The zero-order valence-electron chi connectivity index (χ0n) is 11.4. The zero-order chi connectivity index (χ0) is 13.5. The number of hydrogen-bond donors (Lipinski definition) is 1. The van der Waals surface area contributed by atoms with Gasteiger partial charge in [-0.1, -0.05) is 30.3 Å². The van der Waals surface area contributed by atoms with Crippen LogP contribution in [0.3, 0.4) is 0 Å². The van der Waals surface area contributed by atoms with Gasteiger partial charge in [-0.05, 0) is 18.8 Å². The van der Waals surface area contributed by atoms with E-state index in [1.807, 2.05) is 0 Å². The van der Waals surface area contributed by atoms with E-state index in [4.69, 9.17) is 15.7 Å². The topological polar surface area (TPSA) is 60.2 Å². The second-order valence-corrected chi connectivity index (χ2v) is 4.91. The fourth-order valence-corrected chi connectivity index (χ4v) is 2.64. The molecule has 0 aliphatic heterocycles. The predicted molar refractivity (Wildman–Crippen MR) is 71.2 cm³/mol. The minimum atomic E-state index is -0.0505. The summed E-state index contributed by atoms with van der Waals surface area (Å²) in [5.74, 6) is 4.22. The highest BCUT2D eigenvalue weighted by molar-refractivity contribution is 4.95. The monoisotopic (exact) mass is 263 g/mol. The van der Waals surface area contributed by atoms with Crippen molar-refractivity contribution in [1.29, 1.82) is 0 Å². The summed E-state index contributed by atoms with van der Waals surface area (Å²) in [5.41, 5.74) is 0. The number of methoxy groups -OCH3 is 1. The van der Waals surface area contributed by atoms with Crippen LogP contribution in [-0.4, -0.2) is 23.8 Å². The molecule has 2 rings (SSSR count). The molecule has 5 nitrogen and oxygen atoms in total. The molecule has 5 heteroatoms. The second-order valence-electron chi connectivity index (χ2n) is 4.91. The van der Waals surface area contributed by atoms with Crippen molar-refractivity contribution in [3.63, 3.8) is 0 Å². The molecule has 1 atom stereocenters. The number of ether oxygens (including phenoxy) is 1. The van der Waals surface area contributed by atoms with Gasteiger partial charge in [-0.25, -0.2) is 0 Å². The van der Waals surface area contributed by atoms with Crippen LogP contribution >= 0.6 is 0 Å². The molecule has 1 heterocycles. The highest BCUT2D eigenvalue weighted by Gasteiger charge is 2.28. The lowest BCUT2D eigenvalue weighted by Gasteiger charge is -2.26. The van der Waals surface area contributed by atoms with Crippen LogP contribution in [0.1, 0.15) is 49.9 Å². The molecule has 1 aliphatic carbocycles. The summed E-state index contributed by atoms with van der Waals surface area (Å²) in [5, 5.41) is 7.07. The van der Waals surface area contributed by atoms with Crippen LogP contribution in [0.25, 0.3) is 0 Å². The lowest BCUT2D eigenvalue weighted by Crippen LogP contribution is -2.19. The van der Waals surface area contributed by atoms with Crippen molar-refractivity contribution in [2.45, 2.75) is 44.8 Å². The zero-order valence-corrected chi connectivity index (χ0v) is 11.4. The van der Waals surface area contributed by atoms with Gasteiger partial charge in [0.25, 0.3) is 0 Å². The molecule has 1 aromatic heterocycles. The average molecular weight is 263 g/mol. The Kier molecular flexibility index (Phi) is 5.37. The molecule has 0 spiro atoms. The van der Waals surface area contributed by atoms with Gasteiger partial charge in [-0.15, -0.1) is 6.42 Å². The molecule has 1 N–H and O–H groups in total. The Hall–Kier alpha value is -1.38. The highest BCUT2D eigenvalue weighted by Crippen LogP contribution is 2.35. The first-order valence-electron chi connectivity index (χ1n) is 6.84. The van der Waals surface area contributed by atoms with Crippen LogP contribution in [-0.2, 0) is 11.3 Å². The van der Waals surface area contributed by atoms with Crippen LogP contribution in [0.5, 0.6) is 0 Å². The molecule has 1 aliphatic rings. The van der Waals surface area contributed by atoms with Crippen LogP contribution in [0.4, 0.5) is 0 Å².